The number of nitrogens with zero attached hydrogens (tertiary/aromatic N) is 1. The standard InChI is InChI=1S/C14H12BrClN2O2S/c1-9-6-10(16)2-4-12(9)20-8-14(19)18-17-7-11-3-5-13(15)21-11/h2-7H,8H2,1H3,(H,18,19)/b17-7-. The largest absolute Gasteiger partial charge is 0.483 e. The van der Waals surface area contributed by atoms with Gasteiger partial charge >= 0.3 is 0 Å². The first kappa shape index (κ1) is 16.0. The number of carbonyl (C=O) groups excluding carboxylic acids is 1. The molecule has 7 heteroatoms. The second kappa shape index (κ2) is 7.59. The Kier molecular flexibility index (Phi) is 5.78. The first-order chi connectivity index (χ1) is 10.0. The van der Waals surface area contributed by atoms with E-state index >= 15 is 0 Å². The molecule has 0 aliphatic rings. The molecule has 110 valence electrons. The summed E-state index contributed by atoms with van der Waals surface area (Å²) < 4.78 is 6.42. The zero-order chi connectivity index (χ0) is 15.2. The predicted molar refractivity (Wildman–Crippen MR) is 89.4 cm³/mol. The highest BCUT2D eigenvalue weighted by Crippen LogP contribution is 2.21. The SMILES string of the molecule is Cc1cc(Cl)ccc1OCC(=O)N/N=C\c1ccc(Br)s1. The van der Waals surface area contributed by atoms with E-state index < -0.39 is 0 Å². The molecule has 0 radical (unpaired) electrons. The quantitative estimate of drug-likeness (QED) is 0.623. The number of amides is 1. The average Bonchev–Trinajstić information content (AvgIpc) is 2.83. The van der Waals surface area contributed by atoms with E-state index in [1.54, 1.807) is 24.4 Å². The first-order valence-corrected chi connectivity index (χ1v) is 7.99. The summed E-state index contributed by atoms with van der Waals surface area (Å²) in [6, 6.07) is 9.05. The predicted octanol–water partition coefficient (Wildman–Crippen LogP) is 4.00. The fraction of sp³-hybridized carbons (Fsp3) is 0.143. The number of nitrogens with one attached hydrogen (secondary N) is 1. The van der Waals surface area contributed by atoms with Crippen molar-refractivity contribution in [1.29, 1.82) is 0 Å². The fourth-order valence-corrected chi connectivity index (χ4v) is 3.04. The van der Waals surface area contributed by atoms with Crippen LogP contribution >= 0.6 is 38.9 Å². The monoisotopic (exact) mass is 386 g/mol. The van der Waals surface area contributed by atoms with Crippen molar-refractivity contribution < 1.29 is 9.53 Å². The molecular formula is C14H12BrClN2O2S. The fourth-order valence-electron chi connectivity index (χ4n) is 1.52. The van der Waals surface area contributed by atoms with Crippen LogP contribution in [0.1, 0.15) is 10.4 Å². The van der Waals surface area contributed by atoms with Gasteiger partial charge in [0.25, 0.3) is 5.91 Å². The van der Waals surface area contributed by atoms with E-state index in [0.29, 0.717) is 10.8 Å². The molecule has 0 unspecified atom stereocenters. The van der Waals surface area contributed by atoms with Gasteiger partial charge in [-0.15, -0.1) is 11.3 Å². The maximum atomic E-state index is 11.6. The van der Waals surface area contributed by atoms with Gasteiger partial charge in [0.1, 0.15) is 5.75 Å². The zero-order valence-electron chi connectivity index (χ0n) is 11.1. The molecule has 1 N–H and O–H groups in total. The van der Waals surface area contributed by atoms with Crippen molar-refractivity contribution in [2.75, 3.05) is 6.61 Å². The van der Waals surface area contributed by atoms with E-state index in [1.165, 1.54) is 11.3 Å². The number of benzene rings is 1. The lowest BCUT2D eigenvalue weighted by atomic mass is 10.2. The highest BCUT2D eigenvalue weighted by molar-refractivity contribution is 9.11. The molecule has 1 aromatic carbocycles. The van der Waals surface area contributed by atoms with Gasteiger partial charge in [-0.25, -0.2) is 5.43 Å². The summed E-state index contributed by atoms with van der Waals surface area (Å²) in [6.45, 7) is 1.76. The summed E-state index contributed by atoms with van der Waals surface area (Å²) in [5.41, 5.74) is 3.29. The molecule has 0 spiro atoms. The van der Waals surface area contributed by atoms with E-state index in [1.807, 2.05) is 19.1 Å². The summed E-state index contributed by atoms with van der Waals surface area (Å²) in [6.07, 6.45) is 1.58. The topological polar surface area (TPSA) is 50.7 Å². The summed E-state index contributed by atoms with van der Waals surface area (Å²) >= 11 is 10.7. The molecule has 0 fully saturated rings. The van der Waals surface area contributed by atoms with Gasteiger partial charge in [0.2, 0.25) is 0 Å². The number of ether oxygens (including phenoxy) is 1. The molecule has 4 nitrogen and oxygen atoms in total. The normalized spacial score (nSPS) is 10.8. The van der Waals surface area contributed by atoms with Crippen LogP contribution in [0.3, 0.4) is 0 Å². The molecule has 0 saturated heterocycles. The maximum Gasteiger partial charge on any atom is 0.277 e. The van der Waals surface area contributed by atoms with Crippen LogP contribution in [0.15, 0.2) is 39.2 Å². The Morgan fingerprint density at radius 2 is 2.29 bits per heavy atom. The second-order valence-corrected chi connectivity index (χ2v) is 7.06. The van der Waals surface area contributed by atoms with E-state index in [2.05, 4.69) is 26.5 Å². The average molecular weight is 388 g/mol. The van der Waals surface area contributed by atoms with Gasteiger partial charge in [-0.2, -0.15) is 5.10 Å². The molecule has 0 aliphatic carbocycles. The van der Waals surface area contributed by atoms with Crippen LogP contribution in [0.25, 0.3) is 0 Å². The Bertz CT molecular complexity index is 673. The van der Waals surface area contributed by atoms with Crippen molar-refractivity contribution in [3.63, 3.8) is 0 Å². The Labute approximate surface area is 139 Å². The molecule has 21 heavy (non-hydrogen) atoms. The third-order valence-corrected chi connectivity index (χ3v) is 4.26. The first-order valence-electron chi connectivity index (χ1n) is 6.01. The van der Waals surface area contributed by atoms with Gasteiger partial charge < -0.3 is 4.74 Å². The van der Waals surface area contributed by atoms with Crippen LogP contribution in [0.2, 0.25) is 5.02 Å². The Hall–Kier alpha value is -1.37. The number of carbonyl (C=O) groups is 1. The summed E-state index contributed by atoms with van der Waals surface area (Å²) in [7, 11) is 0. The minimum atomic E-state index is -0.323. The third-order valence-electron chi connectivity index (χ3n) is 2.47. The molecule has 1 heterocycles. The lowest BCUT2D eigenvalue weighted by molar-refractivity contribution is -0.123. The minimum absolute atomic E-state index is 0.103. The number of rotatable bonds is 5. The molecule has 0 saturated carbocycles. The highest BCUT2D eigenvalue weighted by Gasteiger charge is 2.04. The minimum Gasteiger partial charge on any atom is -0.483 e. The van der Waals surface area contributed by atoms with Crippen LogP contribution in [-0.4, -0.2) is 18.7 Å². The lowest BCUT2D eigenvalue weighted by Gasteiger charge is -2.08. The van der Waals surface area contributed by atoms with Crippen molar-refractivity contribution in [2.45, 2.75) is 6.92 Å². The van der Waals surface area contributed by atoms with Crippen LogP contribution in [-0.2, 0) is 4.79 Å². The summed E-state index contributed by atoms with van der Waals surface area (Å²) in [5.74, 6) is 0.303. The lowest BCUT2D eigenvalue weighted by Crippen LogP contribution is -2.24. The summed E-state index contributed by atoms with van der Waals surface area (Å²) in [4.78, 5) is 12.5. The second-order valence-electron chi connectivity index (χ2n) is 4.13. The smallest absolute Gasteiger partial charge is 0.277 e. The molecule has 2 rings (SSSR count). The molecule has 0 atom stereocenters. The summed E-state index contributed by atoms with van der Waals surface area (Å²) in [5, 5.41) is 4.50. The third kappa shape index (κ3) is 5.15. The Balaban J connectivity index is 1.81. The van der Waals surface area contributed by atoms with Crippen molar-refractivity contribution in [3.05, 3.63) is 49.6 Å². The number of aryl methyl sites for hydroxylation is 1. The van der Waals surface area contributed by atoms with Gasteiger partial charge in [-0.3, -0.25) is 4.79 Å². The molecule has 0 bridgehead atoms. The van der Waals surface area contributed by atoms with Crippen molar-refractivity contribution in [1.82, 2.24) is 5.43 Å². The van der Waals surface area contributed by atoms with Crippen LogP contribution < -0.4 is 10.2 Å². The highest BCUT2D eigenvalue weighted by atomic mass is 79.9. The molecule has 2 aromatic rings. The van der Waals surface area contributed by atoms with E-state index in [0.717, 1.165) is 14.2 Å². The molecule has 1 amide bonds. The van der Waals surface area contributed by atoms with Gasteiger partial charge in [0, 0.05) is 9.90 Å². The molecule has 0 aliphatic heterocycles. The van der Waals surface area contributed by atoms with Crippen LogP contribution in [0, 0.1) is 6.92 Å². The number of hydrogen-bond acceptors (Lipinski definition) is 4. The maximum absolute atomic E-state index is 11.6. The zero-order valence-corrected chi connectivity index (χ0v) is 14.3. The molecule has 1 aromatic heterocycles. The van der Waals surface area contributed by atoms with E-state index in [4.69, 9.17) is 16.3 Å². The number of hydrazone groups is 1. The van der Waals surface area contributed by atoms with Crippen molar-refractivity contribution in [2.24, 2.45) is 5.10 Å². The van der Waals surface area contributed by atoms with Crippen molar-refractivity contribution >= 4 is 51.0 Å². The van der Waals surface area contributed by atoms with Gasteiger partial charge in [-0.05, 0) is 58.7 Å². The van der Waals surface area contributed by atoms with Gasteiger partial charge in [0.05, 0.1) is 10.0 Å². The van der Waals surface area contributed by atoms with Crippen LogP contribution in [0.4, 0.5) is 0 Å². The van der Waals surface area contributed by atoms with Crippen molar-refractivity contribution in [3.8, 4) is 5.75 Å². The van der Waals surface area contributed by atoms with Gasteiger partial charge in [0.15, 0.2) is 6.61 Å². The number of halogens is 2. The number of hydrogen-bond donors (Lipinski definition) is 1. The van der Waals surface area contributed by atoms with E-state index in [9.17, 15) is 4.79 Å². The van der Waals surface area contributed by atoms with Gasteiger partial charge in [-0.1, -0.05) is 11.6 Å². The Morgan fingerprint density at radius 1 is 1.48 bits per heavy atom. The molecular weight excluding hydrogens is 376 g/mol. The number of thiophene rings is 1. The van der Waals surface area contributed by atoms with Crippen LogP contribution in [0.5, 0.6) is 5.75 Å². The Morgan fingerprint density at radius 3 is 2.95 bits per heavy atom. The van der Waals surface area contributed by atoms with E-state index in [-0.39, 0.29) is 12.5 Å².